The Labute approximate surface area is 160 Å². The molecule has 0 aliphatic rings. The number of fused-ring (bicyclic) bond motifs is 3. The second-order valence-corrected chi connectivity index (χ2v) is 6.70. The number of nitrogens with zero attached hydrogens (tertiary/aromatic N) is 4. The highest BCUT2D eigenvalue weighted by Crippen LogP contribution is 2.15. The van der Waals surface area contributed by atoms with Gasteiger partial charge in [0.15, 0.2) is 5.78 Å². The molecule has 2 heterocycles. The van der Waals surface area contributed by atoms with Gasteiger partial charge in [-0.15, -0.1) is 5.10 Å². The van der Waals surface area contributed by atoms with Crippen molar-refractivity contribution in [3.8, 4) is 0 Å². The van der Waals surface area contributed by atoms with Gasteiger partial charge in [-0.25, -0.2) is 4.68 Å². The van der Waals surface area contributed by atoms with Crippen molar-refractivity contribution in [1.82, 2.24) is 18.7 Å². The number of carbonyl (C=O) groups is 1. The fraction of sp³-hybridized carbons (Fsp3) is 0.200. The second-order valence-electron chi connectivity index (χ2n) is 6.34. The fourth-order valence-electron chi connectivity index (χ4n) is 3.25. The Morgan fingerprint density at radius 2 is 1.78 bits per heavy atom. The molecule has 0 bridgehead atoms. The summed E-state index contributed by atoms with van der Waals surface area (Å²) in [4.78, 5) is 25.5. The van der Waals surface area contributed by atoms with Crippen LogP contribution in [0.1, 0.15) is 23.7 Å². The van der Waals surface area contributed by atoms with Crippen LogP contribution in [0.25, 0.3) is 16.7 Å². The lowest BCUT2D eigenvalue weighted by atomic mass is 10.1. The number of ketones is 1. The number of hydrogen-bond donors (Lipinski definition) is 0. The molecule has 136 valence electrons. The van der Waals surface area contributed by atoms with Gasteiger partial charge in [-0.3, -0.25) is 18.6 Å². The molecule has 0 radical (unpaired) electrons. The maximum absolute atomic E-state index is 12.9. The van der Waals surface area contributed by atoms with Crippen LogP contribution < -0.4 is 5.56 Å². The molecule has 0 atom stereocenters. The monoisotopic (exact) mass is 378 g/mol. The first-order valence-electron chi connectivity index (χ1n) is 8.81. The lowest BCUT2D eigenvalue weighted by Gasteiger charge is -2.08. The normalized spacial score (nSPS) is 11.3. The molecule has 0 amide bonds. The van der Waals surface area contributed by atoms with Gasteiger partial charge in [-0.2, -0.15) is 0 Å². The van der Waals surface area contributed by atoms with E-state index in [0.29, 0.717) is 33.6 Å². The van der Waals surface area contributed by atoms with Crippen LogP contribution in [0.2, 0.25) is 0 Å². The van der Waals surface area contributed by atoms with Gasteiger partial charge in [0.05, 0.1) is 10.9 Å². The van der Waals surface area contributed by atoms with Crippen LogP contribution in [0.15, 0.2) is 59.4 Å². The Morgan fingerprint density at radius 3 is 2.52 bits per heavy atom. The van der Waals surface area contributed by atoms with Gasteiger partial charge >= 0.3 is 0 Å². The van der Waals surface area contributed by atoms with Gasteiger partial charge in [0, 0.05) is 12.1 Å². The third-order valence-corrected chi connectivity index (χ3v) is 4.91. The first-order valence-corrected chi connectivity index (χ1v) is 9.22. The molecule has 2 aromatic carbocycles. The molecule has 4 rings (SSSR count). The summed E-state index contributed by atoms with van der Waals surface area (Å²) in [5, 5.41) is 5.11. The Kier molecular flexibility index (Phi) is 4.45. The molecule has 7 heteroatoms. The summed E-state index contributed by atoms with van der Waals surface area (Å²) in [5.74, 6) is 0.384. The zero-order valence-corrected chi connectivity index (χ0v) is 15.6. The van der Waals surface area contributed by atoms with Crippen LogP contribution in [0.3, 0.4) is 0 Å². The minimum Gasteiger partial charge on any atom is -0.292 e. The number of hydrogen-bond acceptors (Lipinski definition) is 4. The average molecular weight is 378 g/mol. The van der Waals surface area contributed by atoms with Crippen LogP contribution in [0, 0.1) is 4.77 Å². The van der Waals surface area contributed by atoms with E-state index in [2.05, 4.69) is 5.10 Å². The van der Waals surface area contributed by atoms with Crippen LogP contribution in [-0.4, -0.2) is 24.5 Å². The van der Waals surface area contributed by atoms with Crippen molar-refractivity contribution in [2.24, 2.45) is 0 Å². The number of rotatable bonds is 5. The number of aromatic nitrogens is 4. The highest BCUT2D eigenvalue weighted by Gasteiger charge is 2.16. The van der Waals surface area contributed by atoms with Gasteiger partial charge in [0.25, 0.3) is 5.56 Å². The Balaban J connectivity index is 1.94. The molecular weight excluding hydrogens is 360 g/mol. The molecule has 0 saturated carbocycles. The van der Waals surface area contributed by atoms with E-state index in [9.17, 15) is 9.59 Å². The Bertz CT molecular complexity index is 1270. The fourth-order valence-corrected chi connectivity index (χ4v) is 3.53. The largest absolute Gasteiger partial charge is 0.292 e. The van der Waals surface area contributed by atoms with Crippen LogP contribution in [0.4, 0.5) is 0 Å². The standard InChI is InChI=1S/C20H18N4O2S/c1-2-12-22-18(26)15-10-6-7-11-16(15)24-19(22)21-23(20(24)27)13-17(25)14-8-4-3-5-9-14/h3-11H,2,12-13H2,1H3. The Morgan fingerprint density at radius 1 is 1.07 bits per heavy atom. The molecule has 27 heavy (non-hydrogen) atoms. The summed E-state index contributed by atoms with van der Waals surface area (Å²) >= 11 is 5.61. The van der Waals surface area contributed by atoms with E-state index in [1.165, 1.54) is 4.68 Å². The first-order chi connectivity index (χ1) is 13.1. The van der Waals surface area contributed by atoms with E-state index in [0.717, 1.165) is 6.42 Å². The van der Waals surface area contributed by atoms with Crippen molar-refractivity contribution >= 4 is 34.7 Å². The van der Waals surface area contributed by atoms with Crippen molar-refractivity contribution < 1.29 is 4.79 Å². The van der Waals surface area contributed by atoms with E-state index in [4.69, 9.17) is 12.2 Å². The van der Waals surface area contributed by atoms with E-state index in [1.807, 2.05) is 43.3 Å². The molecule has 2 aromatic heterocycles. The van der Waals surface area contributed by atoms with Gasteiger partial charge in [0.2, 0.25) is 10.5 Å². The maximum Gasteiger partial charge on any atom is 0.262 e. The highest BCUT2D eigenvalue weighted by molar-refractivity contribution is 7.71. The van der Waals surface area contributed by atoms with Gasteiger partial charge in [-0.05, 0) is 30.8 Å². The lowest BCUT2D eigenvalue weighted by Crippen LogP contribution is -2.23. The number of para-hydroxylation sites is 1. The third kappa shape index (κ3) is 2.90. The molecule has 0 unspecified atom stereocenters. The van der Waals surface area contributed by atoms with Crippen LogP contribution in [0.5, 0.6) is 0 Å². The molecule has 0 saturated heterocycles. The number of aryl methyl sites for hydroxylation is 1. The summed E-state index contributed by atoms with van der Waals surface area (Å²) in [5.41, 5.74) is 1.21. The summed E-state index contributed by atoms with van der Waals surface area (Å²) in [6, 6.07) is 16.4. The van der Waals surface area contributed by atoms with Crippen LogP contribution in [-0.2, 0) is 13.1 Å². The van der Waals surface area contributed by atoms with Crippen molar-refractivity contribution in [2.75, 3.05) is 0 Å². The predicted octanol–water partition coefficient (Wildman–Crippen LogP) is 3.47. The van der Waals surface area contributed by atoms with Gasteiger partial charge in [-0.1, -0.05) is 49.4 Å². The summed E-state index contributed by atoms with van der Waals surface area (Å²) in [6.45, 7) is 2.56. The topological polar surface area (TPSA) is 61.3 Å². The van der Waals surface area contributed by atoms with Crippen molar-refractivity contribution in [2.45, 2.75) is 26.4 Å². The zero-order chi connectivity index (χ0) is 19.0. The molecule has 4 aromatic rings. The molecular formula is C20H18N4O2S. The minimum atomic E-state index is -0.0958. The van der Waals surface area contributed by atoms with E-state index < -0.39 is 0 Å². The molecule has 0 aliphatic carbocycles. The molecule has 0 fully saturated rings. The second kappa shape index (κ2) is 6.92. The van der Waals surface area contributed by atoms with Gasteiger partial charge in [0.1, 0.15) is 6.54 Å². The molecule has 0 spiro atoms. The first kappa shape index (κ1) is 17.4. The van der Waals surface area contributed by atoms with E-state index in [1.54, 1.807) is 27.2 Å². The number of carbonyl (C=O) groups excluding carboxylic acids is 1. The summed E-state index contributed by atoms with van der Waals surface area (Å²) in [7, 11) is 0. The van der Waals surface area contributed by atoms with Crippen molar-refractivity contribution in [1.29, 1.82) is 0 Å². The Hall–Kier alpha value is -3.06. The smallest absolute Gasteiger partial charge is 0.262 e. The quantitative estimate of drug-likeness (QED) is 0.394. The maximum atomic E-state index is 12.9. The molecule has 6 nitrogen and oxygen atoms in total. The average Bonchev–Trinajstić information content (AvgIpc) is 3.02. The van der Waals surface area contributed by atoms with E-state index >= 15 is 0 Å². The van der Waals surface area contributed by atoms with E-state index in [-0.39, 0.29) is 17.9 Å². The van der Waals surface area contributed by atoms with Crippen molar-refractivity contribution in [3.05, 3.63) is 75.3 Å². The molecule has 0 aliphatic heterocycles. The van der Waals surface area contributed by atoms with Crippen LogP contribution >= 0.6 is 12.2 Å². The minimum absolute atomic E-state index is 0.0270. The third-order valence-electron chi connectivity index (χ3n) is 4.52. The SMILES string of the molecule is CCCn1c(=O)c2ccccc2n2c(=S)n(CC(=O)c3ccccc3)nc12. The predicted molar refractivity (Wildman–Crippen MR) is 107 cm³/mol. The summed E-state index contributed by atoms with van der Waals surface area (Å²) in [6.07, 6.45) is 0.788. The number of Topliss-reactive ketones (excluding diaryl/α,β-unsaturated/α-hetero) is 1. The zero-order valence-electron chi connectivity index (χ0n) is 14.8. The summed E-state index contributed by atoms with van der Waals surface area (Å²) < 4.78 is 5.30. The van der Waals surface area contributed by atoms with Gasteiger partial charge < -0.3 is 0 Å². The van der Waals surface area contributed by atoms with Crippen molar-refractivity contribution in [3.63, 3.8) is 0 Å². The highest BCUT2D eigenvalue weighted by atomic mass is 32.1. The number of benzene rings is 2. The lowest BCUT2D eigenvalue weighted by molar-refractivity contribution is 0.0967. The molecule has 0 N–H and O–H groups in total.